The fourth-order valence-electron chi connectivity index (χ4n) is 1.55. The van der Waals surface area contributed by atoms with Crippen LogP contribution in [0, 0.1) is 0 Å². The summed E-state index contributed by atoms with van der Waals surface area (Å²) in [6, 6.07) is 0.183. The van der Waals surface area contributed by atoms with Gasteiger partial charge in [-0.25, -0.2) is 0 Å². The number of aromatic amines is 1. The van der Waals surface area contributed by atoms with Gasteiger partial charge in [-0.2, -0.15) is 0 Å². The SMILES string of the molecule is C=Cc1c(CC(C)N)c[nH]c1/C=C\C. The third-order valence-electron chi connectivity index (χ3n) is 2.12. The second kappa shape index (κ2) is 4.82. The van der Waals surface area contributed by atoms with E-state index in [0.717, 1.165) is 12.1 Å². The van der Waals surface area contributed by atoms with E-state index < -0.39 is 0 Å². The number of H-pyrrole nitrogens is 1. The van der Waals surface area contributed by atoms with Crippen molar-refractivity contribution < 1.29 is 0 Å². The molecule has 0 aliphatic heterocycles. The zero-order valence-corrected chi connectivity index (χ0v) is 8.88. The van der Waals surface area contributed by atoms with Gasteiger partial charge in [0.15, 0.2) is 0 Å². The molecule has 0 aromatic carbocycles. The summed E-state index contributed by atoms with van der Waals surface area (Å²) in [5, 5.41) is 0. The highest BCUT2D eigenvalue weighted by molar-refractivity contribution is 5.65. The Kier molecular flexibility index (Phi) is 3.72. The lowest BCUT2D eigenvalue weighted by atomic mass is 10.0. The minimum absolute atomic E-state index is 0.183. The van der Waals surface area contributed by atoms with Crippen LogP contribution >= 0.6 is 0 Å². The highest BCUT2D eigenvalue weighted by Crippen LogP contribution is 2.18. The molecule has 1 aromatic rings. The second-order valence-corrected chi connectivity index (χ2v) is 3.53. The van der Waals surface area contributed by atoms with Crippen LogP contribution in [0.25, 0.3) is 12.2 Å². The van der Waals surface area contributed by atoms with Crippen LogP contribution in [0.4, 0.5) is 0 Å². The molecule has 0 saturated carbocycles. The Hall–Kier alpha value is -1.28. The van der Waals surface area contributed by atoms with Gasteiger partial charge >= 0.3 is 0 Å². The summed E-state index contributed by atoms with van der Waals surface area (Å²) in [6.07, 6.45) is 8.82. The molecule has 1 aromatic heterocycles. The summed E-state index contributed by atoms with van der Waals surface area (Å²) in [5.41, 5.74) is 9.28. The molecule has 1 heterocycles. The Morgan fingerprint density at radius 3 is 2.86 bits per heavy atom. The van der Waals surface area contributed by atoms with Crippen molar-refractivity contribution in [3.8, 4) is 0 Å². The first-order valence-corrected chi connectivity index (χ1v) is 4.90. The van der Waals surface area contributed by atoms with Crippen LogP contribution in [0.2, 0.25) is 0 Å². The molecule has 1 rings (SSSR count). The quantitative estimate of drug-likeness (QED) is 0.752. The molecule has 0 amide bonds. The van der Waals surface area contributed by atoms with Gasteiger partial charge < -0.3 is 10.7 Å². The number of allylic oxidation sites excluding steroid dienone is 1. The van der Waals surface area contributed by atoms with Crippen LogP contribution in [-0.2, 0) is 6.42 Å². The van der Waals surface area contributed by atoms with E-state index in [1.165, 1.54) is 11.1 Å². The Labute approximate surface area is 85.5 Å². The van der Waals surface area contributed by atoms with Crippen molar-refractivity contribution >= 4 is 12.2 Å². The van der Waals surface area contributed by atoms with Gasteiger partial charge in [0.2, 0.25) is 0 Å². The van der Waals surface area contributed by atoms with E-state index >= 15 is 0 Å². The molecule has 0 radical (unpaired) electrons. The standard InChI is InChI=1S/C12H18N2/c1-4-6-12-11(5-2)10(8-14-12)7-9(3)13/h4-6,8-9,14H,2,7,13H2,1,3H3/b6-4-. The van der Waals surface area contributed by atoms with Gasteiger partial charge in [0.1, 0.15) is 0 Å². The molecule has 14 heavy (non-hydrogen) atoms. The van der Waals surface area contributed by atoms with Gasteiger partial charge in [0.25, 0.3) is 0 Å². The summed E-state index contributed by atoms with van der Waals surface area (Å²) < 4.78 is 0. The van der Waals surface area contributed by atoms with Crippen molar-refractivity contribution in [2.45, 2.75) is 26.3 Å². The average molecular weight is 190 g/mol. The molecule has 0 saturated heterocycles. The summed E-state index contributed by atoms with van der Waals surface area (Å²) in [7, 11) is 0. The third kappa shape index (κ3) is 2.36. The monoisotopic (exact) mass is 190 g/mol. The molecule has 1 unspecified atom stereocenters. The number of hydrogen-bond acceptors (Lipinski definition) is 1. The molecular formula is C12H18N2. The lowest BCUT2D eigenvalue weighted by Gasteiger charge is -2.04. The van der Waals surface area contributed by atoms with Crippen molar-refractivity contribution in [2.75, 3.05) is 0 Å². The van der Waals surface area contributed by atoms with Crippen molar-refractivity contribution in [1.29, 1.82) is 0 Å². The Morgan fingerprint density at radius 2 is 2.36 bits per heavy atom. The van der Waals surface area contributed by atoms with Crippen LogP contribution in [0.3, 0.4) is 0 Å². The van der Waals surface area contributed by atoms with Gasteiger partial charge in [-0.3, -0.25) is 0 Å². The smallest absolute Gasteiger partial charge is 0.0453 e. The first-order chi connectivity index (χ1) is 6.69. The largest absolute Gasteiger partial charge is 0.361 e. The summed E-state index contributed by atoms with van der Waals surface area (Å²) in [6.45, 7) is 7.83. The third-order valence-corrected chi connectivity index (χ3v) is 2.12. The minimum Gasteiger partial charge on any atom is -0.361 e. The van der Waals surface area contributed by atoms with Gasteiger partial charge in [-0.05, 0) is 31.9 Å². The average Bonchev–Trinajstić information content (AvgIpc) is 2.47. The van der Waals surface area contributed by atoms with E-state index in [-0.39, 0.29) is 6.04 Å². The van der Waals surface area contributed by atoms with Crippen LogP contribution in [0.5, 0.6) is 0 Å². The minimum atomic E-state index is 0.183. The van der Waals surface area contributed by atoms with E-state index in [1.54, 1.807) is 0 Å². The predicted molar refractivity (Wildman–Crippen MR) is 62.9 cm³/mol. The highest BCUT2D eigenvalue weighted by Gasteiger charge is 2.07. The predicted octanol–water partition coefficient (Wildman–Crippen LogP) is 2.58. The maximum atomic E-state index is 5.77. The molecule has 0 aliphatic carbocycles. The first-order valence-electron chi connectivity index (χ1n) is 4.90. The summed E-state index contributed by atoms with van der Waals surface area (Å²) >= 11 is 0. The van der Waals surface area contributed by atoms with Crippen LogP contribution in [0.1, 0.15) is 30.7 Å². The lowest BCUT2D eigenvalue weighted by Crippen LogP contribution is -2.17. The molecule has 0 spiro atoms. The molecule has 2 heteroatoms. The van der Waals surface area contributed by atoms with E-state index in [4.69, 9.17) is 5.73 Å². The number of hydrogen-bond donors (Lipinski definition) is 2. The van der Waals surface area contributed by atoms with Crippen molar-refractivity contribution in [3.05, 3.63) is 35.7 Å². The Morgan fingerprint density at radius 1 is 1.64 bits per heavy atom. The maximum absolute atomic E-state index is 5.77. The zero-order chi connectivity index (χ0) is 10.6. The second-order valence-electron chi connectivity index (χ2n) is 3.53. The van der Waals surface area contributed by atoms with Crippen molar-refractivity contribution in [3.63, 3.8) is 0 Å². The van der Waals surface area contributed by atoms with Gasteiger partial charge in [-0.15, -0.1) is 0 Å². The molecule has 2 nitrogen and oxygen atoms in total. The normalized spacial score (nSPS) is 13.4. The topological polar surface area (TPSA) is 41.8 Å². The molecule has 0 fully saturated rings. The fourth-order valence-corrected chi connectivity index (χ4v) is 1.55. The van der Waals surface area contributed by atoms with E-state index in [0.29, 0.717) is 0 Å². The van der Waals surface area contributed by atoms with Gasteiger partial charge in [0, 0.05) is 23.5 Å². The molecule has 0 bridgehead atoms. The fraction of sp³-hybridized carbons (Fsp3) is 0.333. The van der Waals surface area contributed by atoms with Gasteiger partial charge in [-0.1, -0.05) is 18.7 Å². The number of aromatic nitrogens is 1. The number of nitrogens with one attached hydrogen (secondary N) is 1. The molecule has 0 aliphatic rings. The van der Waals surface area contributed by atoms with E-state index in [9.17, 15) is 0 Å². The number of nitrogens with two attached hydrogens (primary N) is 1. The Balaban J connectivity index is 3.00. The molecule has 3 N–H and O–H groups in total. The van der Waals surface area contributed by atoms with Crippen molar-refractivity contribution in [2.24, 2.45) is 5.73 Å². The van der Waals surface area contributed by atoms with E-state index in [1.807, 2.05) is 38.3 Å². The van der Waals surface area contributed by atoms with Gasteiger partial charge in [0.05, 0.1) is 0 Å². The molecular weight excluding hydrogens is 172 g/mol. The summed E-state index contributed by atoms with van der Waals surface area (Å²) in [5.74, 6) is 0. The van der Waals surface area contributed by atoms with Crippen LogP contribution < -0.4 is 5.73 Å². The molecule has 76 valence electrons. The molecule has 1 atom stereocenters. The van der Waals surface area contributed by atoms with Crippen molar-refractivity contribution in [1.82, 2.24) is 4.98 Å². The first kappa shape index (κ1) is 10.8. The lowest BCUT2D eigenvalue weighted by molar-refractivity contribution is 0.738. The summed E-state index contributed by atoms with van der Waals surface area (Å²) in [4.78, 5) is 3.22. The Bertz CT molecular complexity index is 332. The zero-order valence-electron chi connectivity index (χ0n) is 8.88. The number of rotatable bonds is 4. The maximum Gasteiger partial charge on any atom is 0.0453 e. The van der Waals surface area contributed by atoms with Crippen LogP contribution in [-0.4, -0.2) is 11.0 Å². The van der Waals surface area contributed by atoms with E-state index in [2.05, 4.69) is 11.6 Å². The highest BCUT2D eigenvalue weighted by atomic mass is 14.7. The van der Waals surface area contributed by atoms with Crippen LogP contribution in [0.15, 0.2) is 18.9 Å².